The predicted octanol–water partition coefficient (Wildman–Crippen LogP) is 2.78. The summed E-state index contributed by atoms with van der Waals surface area (Å²) in [6.07, 6.45) is 9.29. The minimum absolute atomic E-state index is 0.0394. The number of hydrogen-bond acceptors (Lipinski definition) is 2. The van der Waals surface area contributed by atoms with Crippen LogP contribution < -0.4 is 10.9 Å². The summed E-state index contributed by atoms with van der Waals surface area (Å²) in [5.74, 6) is 2.93. The lowest BCUT2D eigenvalue weighted by Crippen LogP contribution is -2.32. The summed E-state index contributed by atoms with van der Waals surface area (Å²) in [6, 6.07) is 4.16. The van der Waals surface area contributed by atoms with Gasteiger partial charge in [-0.1, -0.05) is 12.5 Å². The van der Waals surface area contributed by atoms with E-state index in [2.05, 4.69) is 10.3 Å². The summed E-state index contributed by atoms with van der Waals surface area (Å²) < 4.78 is 0. The van der Waals surface area contributed by atoms with Gasteiger partial charge in [0, 0.05) is 17.8 Å². The van der Waals surface area contributed by atoms with Crippen molar-refractivity contribution in [1.29, 1.82) is 0 Å². The molecule has 0 spiro atoms. The number of fused-ring (bicyclic) bond motifs is 3. The van der Waals surface area contributed by atoms with Crippen LogP contribution in [-0.2, 0) is 6.42 Å². The Morgan fingerprint density at radius 3 is 2.95 bits per heavy atom. The highest BCUT2D eigenvalue weighted by molar-refractivity contribution is 5.26. The molecule has 3 aliphatic rings. The number of hydrogen-bond donors (Lipinski definition) is 2. The molecular weight excluding hydrogens is 248 g/mol. The average molecular weight is 272 g/mol. The molecule has 0 radical (unpaired) electrons. The second kappa shape index (κ2) is 5.03. The lowest BCUT2D eigenvalue weighted by molar-refractivity contribution is 0.299. The molecule has 3 aliphatic carbocycles. The molecule has 0 amide bonds. The lowest BCUT2D eigenvalue weighted by atomic mass is 9.87. The van der Waals surface area contributed by atoms with Gasteiger partial charge in [0.05, 0.1) is 0 Å². The second-order valence-electron chi connectivity index (χ2n) is 7.04. The van der Waals surface area contributed by atoms with Gasteiger partial charge in [-0.3, -0.25) is 4.79 Å². The van der Waals surface area contributed by atoms with Gasteiger partial charge in [-0.2, -0.15) is 0 Å². The topological polar surface area (TPSA) is 44.9 Å². The predicted molar refractivity (Wildman–Crippen MR) is 79.7 cm³/mol. The summed E-state index contributed by atoms with van der Waals surface area (Å²) in [6.45, 7) is 1.17. The van der Waals surface area contributed by atoms with E-state index in [9.17, 15) is 4.79 Å². The van der Waals surface area contributed by atoms with Gasteiger partial charge in [-0.25, -0.2) is 0 Å². The number of nitrogens with one attached hydrogen (secondary N) is 2. The molecule has 2 N–H and O–H groups in total. The van der Waals surface area contributed by atoms with Crippen molar-refractivity contribution in [3.05, 3.63) is 33.7 Å². The zero-order valence-corrected chi connectivity index (χ0v) is 12.0. The SMILES string of the molecule is O=c1ccc2c([nH]1)CCCC2NCC1CC2CCC1C2. The number of aryl methyl sites for hydroxylation is 1. The van der Waals surface area contributed by atoms with Crippen molar-refractivity contribution in [3.8, 4) is 0 Å². The molecule has 4 unspecified atom stereocenters. The van der Waals surface area contributed by atoms with Gasteiger partial charge in [0.1, 0.15) is 0 Å². The molecule has 4 rings (SSSR count). The minimum Gasteiger partial charge on any atom is -0.326 e. The van der Waals surface area contributed by atoms with Crippen LogP contribution in [0, 0.1) is 17.8 Å². The zero-order valence-electron chi connectivity index (χ0n) is 12.0. The van der Waals surface area contributed by atoms with Crippen molar-refractivity contribution in [1.82, 2.24) is 10.3 Å². The van der Waals surface area contributed by atoms with Crippen LogP contribution in [0.15, 0.2) is 16.9 Å². The number of rotatable bonds is 3. The first-order valence-electron chi connectivity index (χ1n) is 8.25. The standard InChI is InChI=1S/C17H24N2O/c20-17-7-6-14-15(2-1-3-16(14)19-17)18-10-13-9-11-4-5-12(13)8-11/h6-7,11-13,15,18H,1-5,8-10H2,(H,19,20). The van der Waals surface area contributed by atoms with E-state index in [0.29, 0.717) is 6.04 Å². The molecule has 3 heteroatoms. The summed E-state index contributed by atoms with van der Waals surface area (Å²) >= 11 is 0. The van der Waals surface area contributed by atoms with E-state index in [1.165, 1.54) is 50.6 Å². The van der Waals surface area contributed by atoms with E-state index in [4.69, 9.17) is 0 Å². The van der Waals surface area contributed by atoms with Crippen molar-refractivity contribution in [2.24, 2.45) is 17.8 Å². The molecule has 0 aliphatic heterocycles. The maximum Gasteiger partial charge on any atom is 0.248 e. The molecule has 1 aromatic rings. The van der Waals surface area contributed by atoms with Crippen molar-refractivity contribution in [2.45, 2.75) is 51.0 Å². The Morgan fingerprint density at radius 2 is 2.15 bits per heavy atom. The summed E-state index contributed by atoms with van der Waals surface area (Å²) in [7, 11) is 0. The molecule has 2 bridgehead atoms. The van der Waals surface area contributed by atoms with Crippen LogP contribution in [0.25, 0.3) is 0 Å². The van der Waals surface area contributed by atoms with Gasteiger partial charge < -0.3 is 10.3 Å². The maximum atomic E-state index is 11.4. The van der Waals surface area contributed by atoms with Gasteiger partial charge in [0.15, 0.2) is 0 Å². The fourth-order valence-electron chi connectivity index (χ4n) is 4.83. The summed E-state index contributed by atoms with van der Waals surface area (Å²) in [5, 5.41) is 3.80. The highest BCUT2D eigenvalue weighted by atomic mass is 16.1. The van der Waals surface area contributed by atoms with Crippen LogP contribution in [0.5, 0.6) is 0 Å². The highest BCUT2D eigenvalue weighted by Crippen LogP contribution is 2.48. The third-order valence-corrected chi connectivity index (χ3v) is 5.84. The summed E-state index contributed by atoms with van der Waals surface area (Å²) in [5.41, 5.74) is 2.53. The lowest BCUT2D eigenvalue weighted by Gasteiger charge is -2.29. The van der Waals surface area contributed by atoms with E-state index in [-0.39, 0.29) is 5.56 Å². The summed E-state index contributed by atoms with van der Waals surface area (Å²) in [4.78, 5) is 14.4. The molecule has 2 fully saturated rings. The van der Waals surface area contributed by atoms with E-state index < -0.39 is 0 Å². The molecule has 1 aromatic heterocycles. The molecule has 20 heavy (non-hydrogen) atoms. The largest absolute Gasteiger partial charge is 0.326 e. The number of aromatic amines is 1. The van der Waals surface area contributed by atoms with Gasteiger partial charge in [0.2, 0.25) is 5.56 Å². The maximum absolute atomic E-state index is 11.4. The third-order valence-electron chi connectivity index (χ3n) is 5.84. The molecule has 0 aromatic carbocycles. The van der Waals surface area contributed by atoms with Gasteiger partial charge in [-0.05, 0) is 68.4 Å². The molecule has 2 saturated carbocycles. The van der Waals surface area contributed by atoms with Crippen molar-refractivity contribution < 1.29 is 0 Å². The van der Waals surface area contributed by atoms with Crippen LogP contribution in [0.4, 0.5) is 0 Å². The van der Waals surface area contributed by atoms with Crippen LogP contribution in [0.2, 0.25) is 0 Å². The Balaban J connectivity index is 1.44. The molecule has 3 nitrogen and oxygen atoms in total. The van der Waals surface area contributed by atoms with E-state index in [0.717, 1.165) is 29.9 Å². The molecule has 0 saturated heterocycles. The number of H-pyrrole nitrogens is 1. The fraction of sp³-hybridized carbons (Fsp3) is 0.706. The van der Waals surface area contributed by atoms with Crippen molar-refractivity contribution >= 4 is 0 Å². The molecule has 1 heterocycles. The van der Waals surface area contributed by atoms with E-state index >= 15 is 0 Å². The molecular formula is C17H24N2O. The Bertz CT molecular complexity index is 550. The smallest absolute Gasteiger partial charge is 0.248 e. The monoisotopic (exact) mass is 272 g/mol. The van der Waals surface area contributed by atoms with Crippen LogP contribution in [0.3, 0.4) is 0 Å². The van der Waals surface area contributed by atoms with Crippen LogP contribution in [-0.4, -0.2) is 11.5 Å². The third kappa shape index (κ3) is 2.22. The highest BCUT2D eigenvalue weighted by Gasteiger charge is 2.39. The Morgan fingerprint density at radius 1 is 1.20 bits per heavy atom. The molecule has 108 valence electrons. The second-order valence-corrected chi connectivity index (χ2v) is 7.04. The zero-order chi connectivity index (χ0) is 13.5. The van der Waals surface area contributed by atoms with Crippen molar-refractivity contribution in [2.75, 3.05) is 6.54 Å². The van der Waals surface area contributed by atoms with Gasteiger partial charge in [-0.15, -0.1) is 0 Å². The molecule has 4 atom stereocenters. The fourth-order valence-corrected chi connectivity index (χ4v) is 4.83. The Hall–Kier alpha value is -1.09. The van der Waals surface area contributed by atoms with E-state index in [1.807, 2.05) is 6.07 Å². The first-order valence-corrected chi connectivity index (χ1v) is 8.25. The van der Waals surface area contributed by atoms with E-state index in [1.54, 1.807) is 6.07 Å². The first kappa shape index (κ1) is 12.6. The van der Waals surface area contributed by atoms with Gasteiger partial charge in [0.25, 0.3) is 0 Å². The van der Waals surface area contributed by atoms with Crippen LogP contribution in [0.1, 0.15) is 55.8 Å². The Labute approximate surface area is 120 Å². The quantitative estimate of drug-likeness (QED) is 0.888. The number of pyridine rings is 1. The normalized spacial score (nSPS) is 35.2. The minimum atomic E-state index is 0.0394. The van der Waals surface area contributed by atoms with Gasteiger partial charge >= 0.3 is 0 Å². The first-order chi connectivity index (χ1) is 9.79. The number of aromatic nitrogens is 1. The van der Waals surface area contributed by atoms with Crippen molar-refractivity contribution in [3.63, 3.8) is 0 Å². The Kier molecular flexibility index (Phi) is 3.18. The average Bonchev–Trinajstić information content (AvgIpc) is 3.07. The van der Waals surface area contributed by atoms with Crippen LogP contribution >= 0.6 is 0 Å².